The number of pyridine rings is 1. The predicted octanol–water partition coefficient (Wildman–Crippen LogP) is 0.802. The lowest BCUT2D eigenvalue weighted by atomic mass is 10.3. The van der Waals surface area contributed by atoms with Crippen molar-refractivity contribution >= 4 is 5.91 Å². The molecule has 0 atom stereocenters. The number of hydrogen-bond acceptors (Lipinski definition) is 4. The van der Waals surface area contributed by atoms with E-state index in [1.54, 1.807) is 36.8 Å². The van der Waals surface area contributed by atoms with Gasteiger partial charge in [0.1, 0.15) is 5.82 Å². The van der Waals surface area contributed by atoms with Gasteiger partial charge >= 0.3 is 0 Å². The summed E-state index contributed by atoms with van der Waals surface area (Å²) in [4.78, 5) is 23.5. The molecule has 2 aromatic heterocycles. The van der Waals surface area contributed by atoms with Crippen LogP contribution in [0.5, 0.6) is 0 Å². The van der Waals surface area contributed by atoms with Gasteiger partial charge in [-0.1, -0.05) is 0 Å². The minimum atomic E-state index is -0.180. The molecule has 0 aliphatic heterocycles. The Balaban J connectivity index is 1.95. The fourth-order valence-electron chi connectivity index (χ4n) is 1.18. The second-order valence-corrected chi connectivity index (χ2v) is 3.09. The van der Waals surface area contributed by atoms with Gasteiger partial charge in [-0.15, -0.1) is 0 Å². The molecule has 0 bridgehead atoms. The molecule has 0 saturated carbocycles. The molecule has 5 heteroatoms. The van der Waals surface area contributed by atoms with E-state index in [-0.39, 0.29) is 5.91 Å². The summed E-state index contributed by atoms with van der Waals surface area (Å²) in [5, 5.41) is 2.71. The average molecular weight is 214 g/mol. The number of carbonyl (C=O) groups excluding carboxylic acids is 1. The zero-order chi connectivity index (χ0) is 11.2. The van der Waals surface area contributed by atoms with Gasteiger partial charge in [0.05, 0.1) is 12.1 Å². The molecular weight excluding hydrogens is 204 g/mol. The molecular formula is C11H10N4O. The molecule has 2 heterocycles. The van der Waals surface area contributed by atoms with Gasteiger partial charge in [0.2, 0.25) is 0 Å². The zero-order valence-corrected chi connectivity index (χ0v) is 8.50. The first kappa shape index (κ1) is 10.2. The van der Waals surface area contributed by atoms with E-state index in [0.29, 0.717) is 17.9 Å². The molecule has 0 saturated heterocycles. The van der Waals surface area contributed by atoms with Crippen molar-refractivity contribution in [3.63, 3.8) is 0 Å². The summed E-state index contributed by atoms with van der Waals surface area (Å²) in [6, 6.07) is 5.15. The molecule has 80 valence electrons. The molecule has 2 aromatic rings. The topological polar surface area (TPSA) is 67.8 Å². The highest BCUT2D eigenvalue weighted by atomic mass is 16.1. The Kier molecular flexibility index (Phi) is 3.18. The maximum atomic E-state index is 11.6. The Hall–Kier alpha value is -2.30. The monoisotopic (exact) mass is 214 g/mol. The summed E-state index contributed by atoms with van der Waals surface area (Å²) in [5.74, 6) is 0.403. The third kappa shape index (κ3) is 2.60. The van der Waals surface area contributed by atoms with Gasteiger partial charge < -0.3 is 5.32 Å². The van der Waals surface area contributed by atoms with Crippen molar-refractivity contribution in [2.24, 2.45) is 0 Å². The normalized spacial score (nSPS) is 9.75. The standard InChI is InChI=1S/C11H10N4O/c16-11(9-3-1-4-12-7-9)15-8-10-13-5-2-6-14-10/h1-7H,8H2,(H,15,16). The van der Waals surface area contributed by atoms with Crippen molar-refractivity contribution in [3.8, 4) is 0 Å². The van der Waals surface area contributed by atoms with E-state index < -0.39 is 0 Å². The number of rotatable bonds is 3. The van der Waals surface area contributed by atoms with Crippen molar-refractivity contribution in [2.75, 3.05) is 0 Å². The van der Waals surface area contributed by atoms with Crippen LogP contribution in [0.25, 0.3) is 0 Å². The van der Waals surface area contributed by atoms with Crippen LogP contribution in [-0.4, -0.2) is 20.9 Å². The molecule has 0 aliphatic carbocycles. The summed E-state index contributed by atoms with van der Waals surface area (Å²) in [6.45, 7) is 0.314. The molecule has 1 N–H and O–H groups in total. The third-order valence-corrected chi connectivity index (χ3v) is 1.95. The van der Waals surface area contributed by atoms with E-state index in [9.17, 15) is 4.79 Å². The highest BCUT2D eigenvalue weighted by Crippen LogP contribution is 1.95. The third-order valence-electron chi connectivity index (χ3n) is 1.95. The molecule has 5 nitrogen and oxygen atoms in total. The molecule has 1 amide bonds. The van der Waals surface area contributed by atoms with Crippen LogP contribution in [-0.2, 0) is 6.54 Å². The van der Waals surface area contributed by atoms with Crippen LogP contribution in [0, 0.1) is 0 Å². The lowest BCUT2D eigenvalue weighted by Gasteiger charge is -2.02. The Labute approximate surface area is 92.6 Å². The van der Waals surface area contributed by atoms with Crippen LogP contribution >= 0.6 is 0 Å². The highest BCUT2D eigenvalue weighted by molar-refractivity contribution is 5.93. The Morgan fingerprint density at radius 3 is 2.69 bits per heavy atom. The van der Waals surface area contributed by atoms with Crippen LogP contribution in [0.1, 0.15) is 16.2 Å². The van der Waals surface area contributed by atoms with Crippen LogP contribution in [0.15, 0.2) is 43.0 Å². The Bertz CT molecular complexity index is 458. The van der Waals surface area contributed by atoms with Crippen molar-refractivity contribution < 1.29 is 4.79 Å². The molecule has 0 aromatic carbocycles. The van der Waals surface area contributed by atoms with Crippen LogP contribution < -0.4 is 5.32 Å². The molecule has 2 rings (SSSR count). The number of hydrogen-bond donors (Lipinski definition) is 1. The minimum absolute atomic E-state index is 0.180. The van der Waals surface area contributed by atoms with E-state index in [1.807, 2.05) is 0 Å². The van der Waals surface area contributed by atoms with Crippen molar-refractivity contribution in [2.45, 2.75) is 6.54 Å². The molecule has 16 heavy (non-hydrogen) atoms. The number of nitrogens with zero attached hydrogens (tertiary/aromatic N) is 3. The summed E-state index contributed by atoms with van der Waals surface area (Å²) in [6.07, 6.45) is 6.41. The smallest absolute Gasteiger partial charge is 0.253 e. The molecule has 0 spiro atoms. The number of nitrogens with one attached hydrogen (secondary N) is 1. The first-order valence-corrected chi connectivity index (χ1v) is 4.80. The van der Waals surface area contributed by atoms with E-state index in [0.717, 1.165) is 0 Å². The van der Waals surface area contributed by atoms with Gasteiger partial charge in [-0.25, -0.2) is 9.97 Å². The van der Waals surface area contributed by atoms with Crippen molar-refractivity contribution in [1.29, 1.82) is 0 Å². The van der Waals surface area contributed by atoms with Crippen LogP contribution in [0.3, 0.4) is 0 Å². The van der Waals surface area contributed by atoms with Crippen molar-refractivity contribution in [3.05, 3.63) is 54.4 Å². The van der Waals surface area contributed by atoms with E-state index in [2.05, 4.69) is 20.3 Å². The highest BCUT2D eigenvalue weighted by Gasteiger charge is 2.04. The second kappa shape index (κ2) is 4.97. The number of carbonyl (C=O) groups is 1. The first-order chi connectivity index (χ1) is 7.86. The number of aromatic nitrogens is 3. The lowest BCUT2D eigenvalue weighted by Crippen LogP contribution is -2.23. The van der Waals surface area contributed by atoms with Gasteiger partial charge in [0, 0.05) is 24.8 Å². The maximum Gasteiger partial charge on any atom is 0.253 e. The predicted molar refractivity (Wildman–Crippen MR) is 57.4 cm³/mol. The molecule has 0 unspecified atom stereocenters. The van der Waals surface area contributed by atoms with Crippen LogP contribution in [0.4, 0.5) is 0 Å². The first-order valence-electron chi connectivity index (χ1n) is 4.80. The summed E-state index contributed by atoms with van der Waals surface area (Å²) in [7, 11) is 0. The summed E-state index contributed by atoms with van der Waals surface area (Å²) < 4.78 is 0. The maximum absolute atomic E-state index is 11.6. The van der Waals surface area contributed by atoms with Gasteiger partial charge in [-0.3, -0.25) is 9.78 Å². The molecule has 0 fully saturated rings. The average Bonchev–Trinajstić information content (AvgIpc) is 2.38. The van der Waals surface area contributed by atoms with Crippen molar-refractivity contribution in [1.82, 2.24) is 20.3 Å². The van der Waals surface area contributed by atoms with Gasteiger partial charge in [0.15, 0.2) is 0 Å². The van der Waals surface area contributed by atoms with E-state index in [1.165, 1.54) is 6.20 Å². The van der Waals surface area contributed by atoms with E-state index in [4.69, 9.17) is 0 Å². The van der Waals surface area contributed by atoms with Gasteiger partial charge in [-0.05, 0) is 18.2 Å². The quantitative estimate of drug-likeness (QED) is 0.820. The van der Waals surface area contributed by atoms with Gasteiger partial charge in [-0.2, -0.15) is 0 Å². The van der Waals surface area contributed by atoms with Crippen LogP contribution in [0.2, 0.25) is 0 Å². The number of amides is 1. The van der Waals surface area contributed by atoms with E-state index >= 15 is 0 Å². The molecule has 0 aliphatic rings. The lowest BCUT2D eigenvalue weighted by molar-refractivity contribution is 0.0949. The minimum Gasteiger partial charge on any atom is -0.345 e. The Morgan fingerprint density at radius 2 is 2.00 bits per heavy atom. The Morgan fingerprint density at radius 1 is 1.19 bits per heavy atom. The van der Waals surface area contributed by atoms with Gasteiger partial charge in [0.25, 0.3) is 5.91 Å². The summed E-state index contributed by atoms with van der Waals surface area (Å²) in [5.41, 5.74) is 0.526. The fraction of sp³-hybridized carbons (Fsp3) is 0.0909. The zero-order valence-electron chi connectivity index (χ0n) is 8.50. The largest absolute Gasteiger partial charge is 0.345 e. The second-order valence-electron chi connectivity index (χ2n) is 3.09. The SMILES string of the molecule is O=C(NCc1ncccn1)c1cccnc1. The fourth-order valence-corrected chi connectivity index (χ4v) is 1.18. The summed E-state index contributed by atoms with van der Waals surface area (Å²) >= 11 is 0. The molecule has 0 radical (unpaired) electrons.